The number of hydrogen-bond donors (Lipinski definition) is 0. The van der Waals surface area contributed by atoms with Gasteiger partial charge in [-0.1, -0.05) is 61.4 Å². The molecular formula is C22H24O3. The van der Waals surface area contributed by atoms with Gasteiger partial charge in [-0.3, -0.25) is 4.79 Å². The minimum Gasteiger partial charge on any atom is -0.463 e. The van der Waals surface area contributed by atoms with Gasteiger partial charge in [0.05, 0.1) is 6.61 Å². The van der Waals surface area contributed by atoms with Gasteiger partial charge in [0.25, 0.3) is 0 Å². The molecule has 3 heteroatoms. The molecule has 0 N–H and O–H groups in total. The first-order valence-electron chi connectivity index (χ1n) is 8.58. The molecule has 0 radical (unpaired) electrons. The first-order valence-corrected chi connectivity index (χ1v) is 8.58. The molecule has 3 nitrogen and oxygen atoms in total. The SMILES string of the molecule is CCCCOC(=O)/C=C/c1c(C)cccc1C(=O)c1ccc(C)cc1. The second kappa shape index (κ2) is 8.97. The molecular weight excluding hydrogens is 312 g/mol. The van der Waals surface area contributed by atoms with Gasteiger partial charge in [0.2, 0.25) is 0 Å². The first-order chi connectivity index (χ1) is 12.0. The number of rotatable bonds is 7. The van der Waals surface area contributed by atoms with Crippen molar-refractivity contribution in [3.8, 4) is 0 Å². The lowest BCUT2D eigenvalue weighted by atomic mass is 9.94. The molecule has 0 aliphatic carbocycles. The van der Waals surface area contributed by atoms with Crippen LogP contribution < -0.4 is 0 Å². The van der Waals surface area contributed by atoms with Crippen LogP contribution in [-0.2, 0) is 9.53 Å². The summed E-state index contributed by atoms with van der Waals surface area (Å²) in [5.41, 5.74) is 4.02. The third kappa shape index (κ3) is 5.15. The molecule has 0 spiro atoms. The first kappa shape index (κ1) is 18.7. The summed E-state index contributed by atoms with van der Waals surface area (Å²) in [6, 6.07) is 13.1. The average Bonchev–Trinajstić information content (AvgIpc) is 2.61. The van der Waals surface area contributed by atoms with E-state index in [0.717, 1.165) is 29.5 Å². The summed E-state index contributed by atoms with van der Waals surface area (Å²) < 4.78 is 5.13. The van der Waals surface area contributed by atoms with E-state index in [1.165, 1.54) is 6.08 Å². The largest absolute Gasteiger partial charge is 0.463 e. The lowest BCUT2D eigenvalue weighted by Crippen LogP contribution is -2.06. The van der Waals surface area contributed by atoms with Gasteiger partial charge in [-0.05, 0) is 37.5 Å². The molecule has 0 bridgehead atoms. The van der Waals surface area contributed by atoms with E-state index in [1.807, 2.05) is 57.2 Å². The molecule has 0 saturated heterocycles. The lowest BCUT2D eigenvalue weighted by molar-refractivity contribution is -0.137. The second-order valence-electron chi connectivity index (χ2n) is 6.09. The summed E-state index contributed by atoms with van der Waals surface area (Å²) in [6.07, 6.45) is 4.89. The van der Waals surface area contributed by atoms with Gasteiger partial charge in [0, 0.05) is 17.2 Å². The molecule has 2 rings (SSSR count). The van der Waals surface area contributed by atoms with E-state index >= 15 is 0 Å². The summed E-state index contributed by atoms with van der Waals surface area (Å²) in [7, 11) is 0. The molecule has 2 aromatic rings. The van der Waals surface area contributed by atoms with Crippen molar-refractivity contribution in [1.82, 2.24) is 0 Å². The zero-order valence-electron chi connectivity index (χ0n) is 15.0. The van der Waals surface area contributed by atoms with Gasteiger partial charge >= 0.3 is 5.97 Å². The average molecular weight is 336 g/mol. The summed E-state index contributed by atoms with van der Waals surface area (Å²) >= 11 is 0. The Balaban J connectivity index is 2.25. The van der Waals surface area contributed by atoms with Crippen molar-refractivity contribution in [3.63, 3.8) is 0 Å². The van der Waals surface area contributed by atoms with Crippen LogP contribution >= 0.6 is 0 Å². The molecule has 130 valence electrons. The molecule has 2 aromatic carbocycles. The molecule has 0 amide bonds. The fourth-order valence-corrected chi connectivity index (χ4v) is 2.48. The van der Waals surface area contributed by atoms with E-state index in [0.29, 0.717) is 17.7 Å². The van der Waals surface area contributed by atoms with Crippen LogP contribution in [0.5, 0.6) is 0 Å². The third-order valence-corrected chi connectivity index (χ3v) is 4.01. The fraction of sp³-hybridized carbons (Fsp3) is 0.273. The Bertz CT molecular complexity index is 770. The molecule has 0 saturated carbocycles. The maximum absolute atomic E-state index is 12.8. The van der Waals surface area contributed by atoms with Crippen molar-refractivity contribution in [3.05, 3.63) is 76.4 Å². The number of ketones is 1. The fourth-order valence-electron chi connectivity index (χ4n) is 2.48. The Kier molecular flexibility index (Phi) is 6.70. The topological polar surface area (TPSA) is 43.4 Å². The summed E-state index contributed by atoms with van der Waals surface area (Å²) in [4.78, 5) is 24.6. The van der Waals surface area contributed by atoms with Crippen LogP contribution in [0.1, 0.15) is 52.4 Å². The van der Waals surface area contributed by atoms with Gasteiger partial charge in [0.1, 0.15) is 0 Å². The summed E-state index contributed by atoms with van der Waals surface area (Å²) in [6.45, 7) is 6.37. The minimum atomic E-state index is -0.384. The Hall–Kier alpha value is -2.68. The molecule has 0 aliphatic heterocycles. The summed E-state index contributed by atoms with van der Waals surface area (Å²) in [5, 5.41) is 0. The molecule has 0 fully saturated rings. The van der Waals surface area contributed by atoms with Crippen LogP contribution in [0.2, 0.25) is 0 Å². The number of unbranched alkanes of at least 4 members (excludes halogenated alkanes) is 1. The van der Waals surface area contributed by atoms with Crippen LogP contribution in [0, 0.1) is 13.8 Å². The van der Waals surface area contributed by atoms with Crippen LogP contribution in [0.3, 0.4) is 0 Å². The van der Waals surface area contributed by atoms with Crippen molar-refractivity contribution in [2.45, 2.75) is 33.6 Å². The molecule has 0 aliphatic rings. The number of esters is 1. The zero-order chi connectivity index (χ0) is 18.2. The van der Waals surface area contributed by atoms with Gasteiger partial charge in [-0.25, -0.2) is 4.79 Å². The van der Waals surface area contributed by atoms with E-state index in [4.69, 9.17) is 4.74 Å². The van der Waals surface area contributed by atoms with Crippen LogP contribution in [-0.4, -0.2) is 18.4 Å². The highest BCUT2D eigenvalue weighted by Crippen LogP contribution is 2.20. The number of carbonyl (C=O) groups excluding carboxylic acids is 2. The minimum absolute atomic E-state index is 0.0531. The maximum atomic E-state index is 12.8. The highest BCUT2D eigenvalue weighted by Gasteiger charge is 2.14. The predicted molar refractivity (Wildman–Crippen MR) is 101 cm³/mol. The number of carbonyl (C=O) groups is 2. The summed E-state index contributed by atoms with van der Waals surface area (Å²) in [5.74, 6) is -0.437. The Labute approximate surface area is 149 Å². The van der Waals surface area contributed by atoms with Crippen LogP contribution in [0.4, 0.5) is 0 Å². The third-order valence-electron chi connectivity index (χ3n) is 4.01. The standard InChI is InChI=1S/C22H24O3/c1-4-5-15-25-21(23)14-13-19-17(3)7-6-8-20(19)22(24)18-11-9-16(2)10-12-18/h6-14H,4-5,15H2,1-3H3/b14-13+. The van der Waals surface area contributed by atoms with E-state index in [9.17, 15) is 9.59 Å². The van der Waals surface area contributed by atoms with Crippen molar-refractivity contribution in [2.24, 2.45) is 0 Å². The number of ether oxygens (including phenoxy) is 1. The molecule has 0 heterocycles. The molecule has 25 heavy (non-hydrogen) atoms. The number of hydrogen-bond acceptors (Lipinski definition) is 3. The maximum Gasteiger partial charge on any atom is 0.330 e. The van der Waals surface area contributed by atoms with E-state index in [2.05, 4.69) is 0 Å². The van der Waals surface area contributed by atoms with Gasteiger partial charge in [0.15, 0.2) is 5.78 Å². The smallest absolute Gasteiger partial charge is 0.330 e. The van der Waals surface area contributed by atoms with E-state index in [-0.39, 0.29) is 11.8 Å². The highest BCUT2D eigenvalue weighted by molar-refractivity contribution is 6.11. The van der Waals surface area contributed by atoms with Crippen molar-refractivity contribution >= 4 is 17.8 Å². The molecule has 0 aromatic heterocycles. The van der Waals surface area contributed by atoms with Crippen LogP contribution in [0.25, 0.3) is 6.08 Å². The monoisotopic (exact) mass is 336 g/mol. The van der Waals surface area contributed by atoms with Gasteiger partial charge in [-0.2, -0.15) is 0 Å². The normalized spacial score (nSPS) is 10.8. The Morgan fingerprint density at radius 2 is 1.76 bits per heavy atom. The predicted octanol–water partition coefficient (Wildman–Crippen LogP) is 4.89. The lowest BCUT2D eigenvalue weighted by Gasteiger charge is -2.09. The molecule has 0 atom stereocenters. The Morgan fingerprint density at radius 1 is 1.04 bits per heavy atom. The highest BCUT2D eigenvalue weighted by atomic mass is 16.5. The zero-order valence-corrected chi connectivity index (χ0v) is 15.0. The number of aryl methyl sites for hydroxylation is 2. The van der Waals surface area contributed by atoms with Crippen molar-refractivity contribution in [1.29, 1.82) is 0 Å². The molecule has 0 unspecified atom stereocenters. The van der Waals surface area contributed by atoms with Crippen molar-refractivity contribution in [2.75, 3.05) is 6.61 Å². The van der Waals surface area contributed by atoms with Crippen molar-refractivity contribution < 1.29 is 14.3 Å². The number of benzene rings is 2. The van der Waals surface area contributed by atoms with E-state index < -0.39 is 0 Å². The van der Waals surface area contributed by atoms with Crippen LogP contribution in [0.15, 0.2) is 48.5 Å². The van der Waals surface area contributed by atoms with Gasteiger partial charge in [-0.15, -0.1) is 0 Å². The second-order valence-corrected chi connectivity index (χ2v) is 6.09. The quantitative estimate of drug-likeness (QED) is 0.313. The van der Waals surface area contributed by atoms with E-state index in [1.54, 1.807) is 12.1 Å². The Morgan fingerprint density at radius 3 is 2.44 bits per heavy atom. The van der Waals surface area contributed by atoms with Gasteiger partial charge < -0.3 is 4.74 Å².